The first-order valence-corrected chi connectivity index (χ1v) is 6.95. The molecular formula is C17H13ClO2. The van der Waals surface area contributed by atoms with Gasteiger partial charge in [0, 0.05) is 16.3 Å². The summed E-state index contributed by atoms with van der Waals surface area (Å²) in [6, 6.07) is 9.71. The van der Waals surface area contributed by atoms with Crippen LogP contribution in [0.3, 0.4) is 0 Å². The van der Waals surface area contributed by atoms with Crippen LogP contribution in [-0.2, 0) is 0 Å². The summed E-state index contributed by atoms with van der Waals surface area (Å²) in [6.07, 6.45) is 4.18. The summed E-state index contributed by atoms with van der Waals surface area (Å²) in [5, 5.41) is 2.72. The van der Waals surface area contributed by atoms with Gasteiger partial charge in [0.25, 0.3) is 0 Å². The predicted octanol–water partition coefficient (Wildman–Crippen LogP) is 5.42. The van der Waals surface area contributed by atoms with Gasteiger partial charge in [-0.15, -0.1) is 0 Å². The summed E-state index contributed by atoms with van der Waals surface area (Å²) >= 11 is 6.21. The second-order valence-corrected chi connectivity index (χ2v) is 6.02. The van der Waals surface area contributed by atoms with E-state index in [0.717, 1.165) is 33.3 Å². The number of para-hydroxylation sites is 1. The highest BCUT2D eigenvalue weighted by Crippen LogP contribution is 2.41. The highest BCUT2D eigenvalue weighted by atomic mass is 35.5. The summed E-state index contributed by atoms with van der Waals surface area (Å²) < 4.78 is 11.9. The molecule has 1 aliphatic heterocycles. The van der Waals surface area contributed by atoms with E-state index in [1.165, 1.54) is 0 Å². The zero-order chi connectivity index (χ0) is 13.9. The molecule has 0 amide bonds. The molecule has 0 spiro atoms. The first-order chi connectivity index (χ1) is 9.55. The summed E-state index contributed by atoms with van der Waals surface area (Å²) in [6.45, 7) is 4.09. The summed E-state index contributed by atoms with van der Waals surface area (Å²) in [5.74, 6) is 0.882. The topological polar surface area (TPSA) is 22.4 Å². The first-order valence-electron chi connectivity index (χ1n) is 6.57. The van der Waals surface area contributed by atoms with Crippen LogP contribution in [0.25, 0.3) is 28.0 Å². The molecule has 0 unspecified atom stereocenters. The lowest BCUT2D eigenvalue weighted by atomic mass is 9.98. The number of hydrogen-bond acceptors (Lipinski definition) is 2. The van der Waals surface area contributed by atoms with Crippen molar-refractivity contribution >= 4 is 39.6 Å². The van der Waals surface area contributed by atoms with Gasteiger partial charge in [-0.2, -0.15) is 0 Å². The molecule has 0 saturated carbocycles. The normalized spacial score (nSPS) is 16.4. The summed E-state index contributed by atoms with van der Waals surface area (Å²) in [4.78, 5) is 0. The van der Waals surface area contributed by atoms with Crippen LogP contribution in [0.4, 0.5) is 0 Å². The molecule has 2 heterocycles. The minimum Gasteiger partial charge on any atom is -0.483 e. The van der Waals surface area contributed by atoms with E-state index in [1.807, 2.05) is 44.2 Å². The van der Waals surface area contributed by atoms with Crippen molar-refractivity contribution in [3.63, 3.8) is 0 Å². The van der Waals surface area contributed by atoms with Gasteiger partial charge >= 0.3 is 0 Å². The van der Waals surface area contributed by atoms with Gasteiger partial charge in [-0.1, -0.05) is 29.8 Å². The Kier molecular flexibility index (Phi) is 2.25. The molecule has 0 bridgehead atoms. The Morgan fingerprint density at radius 1 is 1.10 bits per heavy atom. The van der Waals surface area contributed by atoms with E-state index in [0.29, 0.717) is 5.02 Å². The molecule has 0 aliphatic carbocycles. The van der Waals surface area contributed by atoms with Crippen LogP contribution in [0.15, 0.2) is 40.8 Å². The molecule has 20 heavy (non-hydrogen) atoms. The van der Waals surface area contributed by atoms with Crippen molar-refractivity contribution in [3.05, 3.63) is 47.0 Å². The third kappa shape index (κ3) is 1.58. The van der Waals surface area contributed by atoms with Crippen molar-refractivity contribution in [3.8, 4) is 5.75 Å². The third-order valence-corrected chi connectivity index (χ3v) is 3.94. The Balaban J connectivity index is 2.14. The minimum atomic E-state index is -0.280. The molecule has 0 radical (unpaired) electrons. The summed E-state index contributed by atoms with van der Waals surface area (Å²) in [5.41, 5.74) is 2.34. The van der Waals surface area contributed by atoms with Crippen molar-refractivity contribution < 1.29 is 9.15 Å². The second kappa shape index (κ2) is 3.80. The van der Waals surface area contributed by atoms with E-state index >= 15 is 0 Å². The molecule has 2 nitrogen and oxygen atoms in total. The number of halogens is 1. The molecule has 3 aromatic rings. The van der Waals surface area contributed by atoms with Gasteiger partial charge < -0.3 is 9.15 Å². The maximum atomic E-state index is 6.21. The van der Waals surface area contributed by atoms with Gasteiger partial charge in [0.1, 0.15) is 16.9 Å². The largest absolute Gasteiger partial charge is 0.483 e. The van der Waals surface area contributed by atoms with Crippen molar-refractivity contribution in [2.24, 2.45) is 0 Å². The van der Waals surface area contributed by atoms with Crippen molar-refractivity contribution in [1.82, 2.24) is 0 Å². The molecule has 1 aromatic heterocycles. The average molecular weight is 285 g/mol. The maximum Gasteiger partial charge on any atom is 0.154 e. The highest BCUT2D eigenvalue weighted by molar-refractivity contribution is 6.36. The number of hydrogen-bond donors (Lipinski definition) is 0. The lowest BCUT2D eigenvalue weighted by molar-refractivity contribution is 0.159. The molecule has 0 saturated heterocycles. The van der Waals surface area contributed by atoms with Gasteiger partial charge in [0.2, 0.25) is 0 Å². The lowest BCUT2D eigenvalue weighted by Crippen LogP contribution is -2.27. The van der Waals surface area contributed by atoms with Crippen LogP contribution >= 0.6 is 11.6 Å². The molecular weight excluding hydrogens is 272 g/mol. The quantitative estimate of drug-likeness (QED) is 0.550. The van der Waals surface area contributed by atoms with Gasteiger partial charge in [0.15, 0.2) is 5.58 Å². The lowest BCUT2D eigenvalue weighted by Gasteiger charge is -2.27. The smallest absolute Gasteiger partial charge is 0.154 e. The van der Waals surface area contributed by atoms with Gasteiger partial charge in [-0.3, -0.25) is 0 Å². The zero-order valence-electron chi connectivity index (χ0n) is 11.2. The predicted molar refractivity (Wildman–Crippen MR) is 82.5 cm³/mol. The van der Waals surface area contributed by atoms with Gasteiger partial charge in [-0.25, -0.2) is 0 Å². The van der Waals surface area contributed by atoms with Crippen LogP contribution < -0.4 is 4.74 Å². The Bertz CT molecular complexity index is 871. The van der Waals surface area contributed by atoms with Crippen LogP contribution in [0.2, 0.25) is 5.02 Å². The fourth-order valence-corrected chi connectivity index (χ4v) is 2.93. The van der Waals surface area contributed by atoms with E-state index in [4.69, 9.17) is 20.8 Å². The van der Waals surface area contributed by atoms with E-state index in [1.54, 1.807) is 0 Å². The van der Waals surface area contributed by atoms with E-state index < -0.39 is 0 Å². The minimum absolute atomic E-state index is 0.280. The average Bonchev–Trinajstić information content (AvgIpc) is 2.78. The molecule has 100 valence electrons. The number of benzene rings is 2. The van der Waals surface area contributed by atoms with E-state index in [9.17, 15) is 0 Å². The maximum absolute atomic E-state index is 6.21. The highest BCUT2D eigenvalue weighted by Gasteiger charge is 2.24. The second-order valence-electron chi connectivity index (χ2n) is 5.61. The summed E-state index contributed by atoms with van der Waals surface area (Å²) in [7, 11) is 0. The molecule has 4 rings (SSSR count). The van der Waals surface area contributed by atoms with Crippen molar-refractivity contribution in [2.75, 3.05) is 0 Å². The van der Waals surface area contributed by atoms with E-state index in [2.05, 4.69) is 12.2 Å². The van der Waals surface area contributed by atoms with Crippen LogP contribution in [0.1, 0.15) is 19.4 Å². The standard InChI is InChI=1S/C17H13ClO2/c1-17(2)9-8-10-13(20-17)6-7-14-15(10)11-4-3-5-12(18)16(11)19-14/h3-9H,1-2H3. The van der Waals surface area contributed by atoms with Crippen molar-refractivity contribution in [2.45, 2.75) is 19.4 Å². The Labute approximate surface area is 121 Å². The fraction of sp³-hybridized carbons (Fsp3) is 0.176. The number of rotatable bonds is 0. The molecule has 2 aromatic carbocycles. The molecule has 0 fully saturated rings. The number of ether oxygens (including phenoxy) is 1. The van der Waals surface area contributed by atoms with Crippen molar-refractivity contribution in [1.29, 1.82) is 0 Å². The molecule has 0 atom stereocenters. The SMILES string of the molecule is CC1(C)C=Cc2c(ccc3oc4c(Cl)cccc4c23)O1. The Morgan fingerprint density at radius 2 is 1.95 bits per heavy atom. The zero-order valence-corrected chi connectivity index (χ0v) is 12.0. The van der Waals surface area contributed by atoms with Gasteiger partial charge in [-0.05, 0) is 38.1 Å². The fourth-order valence-electron chi connectivity index (χ4n) is 2.72. The van der Waals surface area contributed by atoms with Gasteiger partial charge in [0.05, 0.1) is 5.02 Å². The Morgan fingerprint density at radius 3 is 2.80 bits per heavy atom. The first kappa shape index (κ1) is 11.9. The molecule has 3 heteroatoms. The monoisotopic (exact) mass is 284 g/mol. The third-order valence-electron chi connectivity index (χ3n) is 3.64. The van der Waals surface area contributed by atoms with Crippen LogP contribution in [-0.4, -0.2) is 5.60 Å². The van der Waals surface area contributed by atoms with E-state index in [-0.39, 0.29) is 5.60 Å². The number of fused-ring (bicyclic) bond motifs is 5. The Hall–Kier alpha value is -1.93. The molecule has 0 N–H and O–H groups in total. The van der Waals surface area contributed by atoms with Crippen LogP contribution in [0, 0.1) is 0 Å². The number of furan rings is 1. The van der Waals surface area contributed by atoms with Crippen LogP contribution in [0.5, 0.6) is 5.75 Å². The molecule has 1 aliphatic rings.